The van der Waals surface area contributed by atoms with Crippen molar-refractivity contribution >= 4 is 5.97 Å². The summed E-state index contributed by atoms with van der Waals surface area (Å²) in [5.74, 6) is 1.49. The average Bonchev–Trinajstić information content (AvgIpc) is 2.76. The van der Waals surface area contributed by atoms with Gasteiger partial charge in [-0.25, -0.2) is 0 Å². The van der Waals surface area contributed by atoms with E-state index in [1.54, 1.807) is 0 Å². The second kappa shape index (κ2) is 4.49. The van der Waals surface area contributed by atoms with Crippen LogP contribution in [0.4, 0.5) is 0 Å². The quantitative estimate of drug-likeness (QED) is 0.673. The van der Waals surface area contributed by atoms with Gasteiger partial charge in [0, 0.05) is 19.1 Å². The lowest BCUT2D eigenvalue weighted by Gasteiger charge is -2.24. The Kier molecular flexibility index (Phi) is 3.26. The minimum absolute atomic E-state index is 0.0994. The second-order valence-electron chi connectivity index (χ2n) is 4.76. The standard InChI is InChI=1S/C11H20N2O2/c1-8(3-11(14)15-2)13-6-9-4-12-5-10(9)7-13/h8-10,12H,3-7H2,1-2H3/t8?,9-,10+. The van der Waals surface area contributed by atoms with E-state index in [1.807, 2.05) is 0 Å². The van der Waals surface area contributed by atoms with E-state index in [0.29, 0.717) is 12.5 Å². The first-order valence-corrected chi connectivity index (χ1v) is 5.72. The molecule has 3 atom stereocenters. The Labute approximate surface area is 91.0 Å². The Hall–Kier alpha value is -0.610. The predicted molar refractivity (Wildman–Crippen MR) is 57.5 cm³/mol. The van der Waals surface area contributed by atoms with E-state index in [1.165, 1.54) is 7.11 Å². The van der Waals surface area contributed by atoms with Crippen LogP contribution >= 0.6 is 0 Å². The van der Waals surface area contributed by atoms with Crippen LogP contribution in [-0.2, 0) is 9.53 Å². The van der Waals surface area contributed by atoms with Gasteiger partial charge in [0.05, 0.1) is 13.5 Å². The van der Waals surface area contributed by atoms with Crippen LogP contribution < -0.4 is 5.32 Å². The second-order valence-corrected chi connectivity index (χ2v) is 4.76. The Morgan fingerprint density at radius 2 is 2.07 bits per heavy atom. The van der Waals surface area contributed by atoms with Crippen molar-refractivity contribution in [3.63, 3.8) is 0 Å². The Bertz CT molecular complexity index is 233. The Morgan fingerprint density at radius 1 is 1.47 bits per heavy atom. The summed E-state index contributed by atoms with van der Waals surface area (Å²) in [6.07, 6.45) is 0.517. The van der Waals surface area contributed by atoms with Crippen molar-refractivity contribution < 1.29 is 9.53 Å². The van der Waals surface area contributed by atoms with Gasteiger partial charge in [0.2, 0.25) is 0 Å². The van der Waals surface area contributed by atoms with Crippen LogP contribution in [0.2, 0.25) is 0 Å². The van der Waals surface area contributed by atoms with Gasteiger partial charge in [-0.15, -0.1) is 0 Å². The number of likely N-dealkylation sites (tertiary alicyclic amines) is 1. The van der Waals surface area contributed by atoms with Crippen LogP contribution in [-0.4, -0.2) is 50.2 Å². The molecule has 2 aliphatic heterocycles. The van der Waals surface area contributed by atoms with Crippen molar-refractivity contribution in [3.05, 3.63) is 0 Å². The number of hydrogen-bond donors (Lipinski definition) is 1. The van der Waals surface area contributed by atoms with Gasteiger partial charge in [-0.1, -0.05) is 0 Å². The SMILES string of the molecule is COC(=O)CC(C)N1C[C@H]2CNC[C@H]2C1. The number of methoxy groups -OCH3 is 1. The molecule has 2 fully saturated rings. The maximum absolute atomic E-state index is 11.2. The first-order chi connectivity index (χ1) is 7.20. The monoisotopic (exact) mass is 212 g/mol. The van der Waals surface area contributed by atoms with Crippen molar-refractivity contribution in [3.8, 4) is 0 Å². The molecule has 0 spiro atoms. The summed E-state index contributed by atoms with van der Waals surface area (Å²) in [4.78, 5) is 13.6. The van der Waals surface area contributed by atoms with Crippen molar-refractivity contribution in [1.82, 2.24) is 10.2 Å². The molecule has 2 aliphatic rings. The molecule has 0 amide bonds. The topological polar surface area (TPSA) is 41.6 Å². The maximum Gasteiger partial charge on any atom is 0.307 e. The van der Waals surface area contributed by atoms with E-state index in [4.69, 9.17) is 4.74 Å². The van der Waals surface area contributed by atoms with Crippen LogP contribution in [0.15, 0.2) is 0 Å². The van der Waals surface area contributed by atoms with Crippen molar-refractivity contribution in [2.24, 2.45) is 11.8 Å². The van der Waals surface area contributed by atoms with E-state index in [2.05, 4.69) is 17.1 Å². The molecule has 0 radical (unpaired) electrons. The number of fused-ring (bicyclic) bond motifs is 1. The number of ether oxygens (including phenoxy) is 1. The maximum atomic E-state index is 11.2. The lowest BCUT2D eigenvalue weighted by atomic mass is 10.0. The number of rotatable bonds is 3. The van der Waals surface area contributed by atoms with Crippen molar-refractivity contribution in [2.45, 2.75) is 19.4 Å². The third kappa shape index (κ3) is 2.32. The minimum Gasteiger partial charge on any atom is -0.469 e. The highest BCUT2D eigenvalue weighted by atomic mass is 16.5. The summed E-state index contributed by atoms with van der Waals surface area (Å²) in [7, 11) is 1.46. The Balaban J connectivity index is 1.82. The van der Waals surface area contributed by atoms with Crippen LogP contribution in [0.1, 0.15) is 13.3 Å². The highest BCUT2D eigenvalue weighted by Gasteiger charge is 2.37. The molecule has 2 saturated heterocycles. The lowest BCUT2D eigenvalue weighted by Crippen LogP contribution is -2.35. The van der Waals surface area contributed by atoms with Crippen LogP contribution in [0.3, 0.4) is 0 Å². The first-order valence-electron chi connectivity index (χ1n) is 5.72. The fourth-order valence-electron chi connectivity index (χ4n) is 2.71. The third-order valence-corrected chi connectivity index (χ3v) is 3.73. The zero-order chi connectivity index (χ0) is 10.8. The molecule has 0 aromatic rings. The van der Waals surface area contributed by atoms with Gasteiger partial charge in [0.25, 0.3) is 0 Å². The molecule has 0 saturated carbocycles. The number of carbonyl (C=O) groups excluding carboxylic acids is 1. The van der Waals surface area contributed by atoms with Crippen LogP contribution in [0.5, 0.6) is 0 Å². The number of nitrogens with zero attached hydrogens (tertiary/aromatic N) is 1. The van der Waals surface area contributed by atoms with E-state index < -0.39 is 0 Å². The molecule has 0 aromatic carbocycles. The van der Waals surface area contributed by atoms with Gasteiger partial charge in [0.1, 0.15) is 0 Å². The fraction of sp³-hybridized carbons (Fsp3) is 0.909. The van der Waals surface area contributed by atoms with Gasteiger partial charge in [-0.05, 0) is 31.8 Å². The van der Waals surface area contributed by atoms with E-state index in [0.717, 1.165) is 38.0 Å². The van der Waals surface area contributed by atoms with E-state index >= 15 is 0 Å². The minimum atomic E-state index is -0.0994. The fourth-order valence-corrected chi connectivity index (χ4v) is 2.71. The summed E-state index contributed by atoms with van der Waals surface area (Å²) in [5.41, 5.74) is 0. The number of hydrogen-bond acceptors (Lipinski definition) is 4. The van der Waals surface area contributed by atoms with Gasteiger partial charge in [-0.2, -0.15) is 0 Å². The first kappa shape index (κ1) is 10.9. The van der Waals surface area contributed by atoms with Gasteiger partial charge in [-0.3, -0.25) is 9.69 Å². The van der Waals surface area contributed by atoms with Gasteiger partial charge < -0.3 is 10.1 Å². The molecular weight excluding hydrogens is 192 g/mol. The summed E-state index contributed by atoms with van der Waals surface area (Å²) < 4.78 is 4.70. The summed E-state index contributed by atoms with van der Waals surface area (Å²) in [6, 6.07) is 0.322. The molecule has 0 aromatic heterocycles. The average molecular weight is 212 g/mol. The molecule has 2 rings (SSSR count). The predicted octanol–water partition coefficient (Wildman–Crippen LogP) is 0.0892. The zero-order valence-corrected chi connectivity index (χ0v) is 9.53. The van der Waals surface area contributed by atoms with E-state index in [9.17, 15) is 4.79 Å². The number of nitrogens with one attached hydrogen (secondary N) is 1. The van der Waals surface area contributed by atoms with Crippen LogP contribution in [0.25, 0.3) is 0 Å². The molecule has 15 heavy (non-hydrogen) atoms. The van der Waals surface area contributed by atoms with Crippen LogP contribution in [0, 0.1) is 11.8 Å². The molecule has 1 unspecified atom stereocenters. The summed E-state index contributed by atoms with van der Waals surface area (Å²) in [5, 5.41) is 3.42. The molecule has 0 aliphatic carbocycles. The van der Waals surface area contributed by atoms with Crippen molar-refractivity contribution in [1.29, 1.82) is 0 Å². The zero-order valence-electron chi connectivity index (χ0n) is 9.53. The molecule has 86 valence electrons. The van der Waals surface area contributed by atoms with Gasteiger partial charge >= 0.3 is 5.97 Å². The Morgan fingerprint density at radius 3 is 2.60 bits per heavy atom. The van der Waals surface area contributed by atoms with Crippen molar-refractivity contribution in [2.75, 3.05) is 33.3 Å². The molecular formula is C11H20N2O2. The molecule has 2 heterocycles. The number of esters is 1. The highest BCUT2D eigenvalue weighted by molar-refractivity contribution is 5.69. The number of carbonyl (C=O) groups is 1. The third-order valence-electron chi connectivity index (χ3n) is 3.73. The summed E-state index contributed by atoms with van der Waals surface area (Å²) in [6.45, 7) is 6.68. The lowest BCUT2D eigenvalue weighted by molar-refractivity contribution is -0.141. The normalized spacial score (nSPS) is 32.7. The molecule has 4 nitrogen and oxygen atoms in total. The van der Waals surface area contributed by atoms with Gasteiger partial charge in [0.15, 0.2) is 0 Å². The molecule has 1 N–H and O–H groups in total. The largest absolute Gasteiger partial charge is 0.469 e. The molecule has 0 bridgehead atoms. The molecule has 4 heteroatoms. The highest BCUT2D eigenvalue weighted by Crippen LogP contribution is 2.28. The summed E-state index contributed by atoms with van der Waals surface area (Å²) >= 11 is 0. The van der Waals surface area contributed by atoms with E-state index in [-0.39, 0.29) is 5.97 Å². The smallest absolute Gasteiger partial charge is 0.307 e.